The summed E-state index contributed by atoms with van der Waals surface area (Å²) < 4.78 is 11.0. The maximum atomic E-state index is 9.92. The molecule has 0 fully saturated rings. The van der Waals surface area contributed by atoms with Crippen molar-refractivity contribution in [2.24, 2.45) is 0 Å². The molecule has 90 valence electrons. The largest absolute Gasteiger partial charge is 0.496 e. The van der Waals surface area contributed by atoms with E-state index < -0.39 is 6.10 Å². The lowest BCUT2D eigenvalue weighted by molar-refractivity contribution is 0.229. The number of aliphatic hydroxyl groups excluding tert-OH is 1. The van der Waals surface area contributed by atoms with Crippen molar-refractivity contribution in [3.8, 4) is 23.3 Å². The highest BCUT2D eigenvalue weighted by Gasteiger charge is 2.23. The normalized spacial score (nSPS) is 18.7. The van der Waals surface area contributed by atoms with E-state index in [0.717, 1.165) is 17.7 Å². The van der Waals surface area contributed by atoms with Crippen LogP contribution in [0.4, 0.5) is 0 Å². The average Bonchev–Trinajstić information content (AvgIpc) is 2.66. The van der Waals surface area contributed by atoms with E-state index in [1.165, 1.54) is 0 Å². The number of aliphatic hydroxyl groups is 1. The van der Waals surface area contributed by atoms with E-state index in [9.17, 15) is 5.11 Å². The number of hydrogen-bond donors (Lipinski definition) is 1. The molecule has 0 aromatic heterocycles. The van der Waals surface area contributed by atoms with Gasteiger partial charge in [0.15, 0.2) is 0 Å². The van der Waals surface area contributed by atoms with Gasteiger partial charge in [-0.2, -0.15) is 0 Å². The third-order valence-electron chi connectivity index (χ3n) is 2.82. The standard InChI is InChI=1S/C14H16O3/c1-4-5-12(15)11-8-13-10(6-9(2)17-13)7-14(11)16-3/h7-9,12,15H,6H2,1-3H3. The van der Waals surface area contributed by atoms with Gasteiger partial charge in [-0.15, -0.1) is 5.92 Å². The Morgan fingerprint density at radius 3 is 2.94 bits per heavy atom. The molecule has 1 aromatic rings. The van der Waals surface area contributed by atoms with Gasteiger partial charge in [-0.25, -0.2) is 0 Å². The zero-order valence-corrected chi connectivity index (χ0v) is 10.3. The van der Waals surface area contributed by atoms with E-state index in [1.54, 1.807) is 14.0 Å². The summed E-state index contributed by atoms with van der Waals surface area (Å²) in [5.41, 5.74) is 1.78. The molecule has 0 saturated heterocycles. The predicted molar refractivity (Wildman–Crippen MR) is 65.2 cm³/mol. The average molecular weight is 232 g/mol. The van der Waals surface area contributed by atoms with Gasteiger partial charge < -0.3 is 14.6 Å². The third-order valence-corrected chi connectivity index (χ3v) is 2.82. The molecule has 1 heterocycles. The van der Waals surface area contributed by atoms with Gasteiger partial charge >= 0.3 is 0 Å². The molecule has 3 nitrogen and oxygen atoms in total. The Labute approximate surface area is 101 Å². The van der Waals surface area contributed by atoms with Crippen LogP contribution in [0, 0.1) is 11.8 Å². The van der Waals surface area contributed by atoms with Crippen LogP contribution in [-0.4, -0.2) is 18.3 Å². The van der Waals surface area contributed by atoms with Crippen molar-refractivity contribution in [3.05, 3.63) is 23.3 Å². The van der Waals surface area contributed by atoms with Crippen molar-refractivity contribution < 1.29 is 14.6 Å². The van der Waals surface area contributed by atoms with E-state index in [1.807, 2.05) is 19.1 Å². The van der Waals surface area contributed by atoms with Gasteiger partial charge in [-0.1, -0.05) is 5.92 Å². The second-order valence-corrected chi connectivity index (χ2v) is 4.13. The van der Waals surface area contributed by atoms with Gasteiger partial charge in [0.2, 0.25) is 0 Å². The summed E-state index contributed by atoms with van der Waals surface area (Å²) in [7, 11) is 1.59. The summed E-state index contributed by atoms with van der Waals surface area (Å²) in [6.07, 6.45) is 0.223. The Bertz CT molecular complexity index is 482. The molecule has 0 aliphatic carbocycles. The smallest absolute Gasteiger partial charge is 0.143 e. The van der Waals surface area contributed by atoms with Gasteiger partial charge in [0, 0.05) is 17.5 Å². The summed E-state index contributed by atoms with van der Waals surface area (Å²) in [5, 5.41) is 9.92. The summed E-state index contributed by atoms with van der Waals surface area (Å²) in [5.74, 6) is 6.89. The molecule has 1 aliphatic rings. The summed E-state index contributed by atoms with van der Waals surface area (Å²) in [6.45, 7) is 3.72. The van der Waals surface area contributed by atoms with Crippen molar-refractivity contribution in [1.29, 1.82) is 0 Å². The molecule has 2 atom stereocenters. The third kappa shape index (κ3) is 2.22. The number of hydrogen-bond acceptors (Lipinski definition) is 3. The van der Waals surface area contributed by atoms with Gasteiger partial charge in [0.1, 0.15) is 23.7 Å². The van der Waals surface area contributed by atoms with Gasteiger partial charge in [0.25, 0.3) is 0 Å². The van der Waals surface area contributed by atoms with E-state index in [-0.39, 0.29) is 6.10 Å². The maximum absolute atomic E-state index is 9.92. The first kappa shape index (κ1) is 11.8. The number of methoxy groups -OCH3 is 1. The van der Waals surface area contributed by atoms with Crippen molar-refractivity contribution in [3.63, 3.8) is 0 Å². The maximum Gasteiger partial charge on any atom is 0.143 e. The van der Waals surface area contributed by atoms with Crippen LogP contribution >= 0.6 is 0 Å². The molecular formula is C14H16O3. The number of rotatable bonds is 2. The molecule has 0 amide bonds. The Morgan fingerprint density at radius 1 is 1.53 bits per heavy atom. The monoisotopic (exact) mass is 232 g/mol. The van der Waals surface area contributed by atoms with Crippen LogP contribution in [0.3, 0.4) is 0 Å². The Balaban J connectivity index is 2.44. The fourth-order valence-corrected chi connectivity index (χ4v) is 2.06. The summed E-state index contributed by atoms with van der Waals surface area (Å²) >= 11 is 0. The molecule has 17 heavy (non-hydrogen) atoms. The van der Waals surface area contributed by atoms with Crippen LogP contribution in [0.2, 0.25) is 0 Å². The minimum absolute atomic E-state index is 0.180. The Hall–Kier alpha value is -1.66. The molecule has 3 heteroatoms. The lowest BCUT2D eigenvalue weighted by atomic mass is 10.0. The van der Waals surface area contributed by atoms with Crippen molar-refractivity contribution in [2.75, 3.05) is 7.11 Å². The highest BCUT2D eigenvalue weighted by Crippen LogP contribution is 2.37. The van der Waals surface area contributed by atoms with Crippen LogP contribution in [-0.2, 0) is 6.42 Å². The lowest BCUT2D eigenvalue weighted by Gasteiger charge is -2.12. The van der Waals surface area contributed by atoms with Crippen molar-refractivity contribution in [2.45, 2.75) is 32.5 Å². The Kier molecular flexibility index (Phi) is 3.26. The first-order chi connectivity index (χ1) is 8.15. The topological polar surface area (TPSA) is 38.7 Å². The quantitative estimate of drug-likeness (QED) is 0.793. The van der Waals surface area contributed by atoms with Crippen LogP contribution < -0.4 is 9.47 Å². The molecule has 2 unspecified atom stereocenters. The van der Waals surface area contributed by atoms with Crippen LogP contribution in [0.15, 0.2) is 12.1 Å². The highest BCUT2D eigenvalue weighted by molar-refractivity contribution is 5.50. The molecule has 1 N–H and O–H groups in total. The number of benzene rings is 1. The predicted octanol–water partition coefficient (Wildman–Crippen LogP) is 2.08. The number of ether oxygens (including phenoxy) is 2. The first-order valence-electron chi connectivity index (χ1n) is 5.63. The van der Waals surface area contributed by atoms with E-state index >= 15 is 0 Å². The highest BCUT2D eigenvalue weighted by atomic mass is 16.5. The molecule has 0 radical (unpaired) electrons. The molecule has 1 aromatic carbocycles. The molecule has 0 spiro atoms. The number of fused-ring (bicyclic) bond motifs is 1. The molecular weight excluding hydrogens is 216 g/mol. The summed E-state index contributed by atoms with van der Waals surface area (Å²) in [4.78, 5) is 0. The van der Waals surface area contributed by atoms with E-state index in [4.69, 9.17) is 9.47 Å². The lowest BCUT2D eigenvalue weighted by Crippen LogP contribution is -2.05. The van der Waals surface area contributed by atoms with Crippen LogP contribution in [0.1, 0.15) is 31.1 Å². The second-order valence-electron chi connectivity index (χ2n) is 4.13. The summed E-state index contributed by atoms with van der Waals surface area (Å²) in [6, 6.07) is 3.75. The van der Waals surface area contributed by atoms with Crippen molar-refractivity contribution in [1.82, 2.24) is 0 Å². The molecule has 2 rings (SSSR count). The second kappa shape index (κ2) is 4.68. The Morgan fingerprint density at radius 2 is 2.29 bits per heavy atom. The van der Waals surface area contributed by atoms with Crippen LogP contribution in [0.5, 0.6) is 11.5 Å². The first-order valence-corrected chi connectivity index (χ1v) is 5.63. The van der Waals surface area contributed by atoms with Crippen LogP contribution in [0.25, 0.3) is 0 Å². The van der Waals surface area contributed by atoms with E-state index in [2.05, 4.69) is 11.8 Å². The van der Waals surface area contributed by atoms with Gasteiger partial charge in [-0.3, -0.25) is 0 Å². The fraction of sp³-hybridized carbons (Fsp3) is 0.429. The zero-order valence-electron chi connectivity index (χ0n) is 10.3. The van der Waals surface area contributed by atoms with Crippen molar-refractivity contribution >= 4 is 0 Å². The minimum atomic E-state index is -0.834. The van der Waals surface area contributed by atoms with E-state index in [0.29, 0.717) is 11.3 Å². The molecule has 1 aliphatic heterocycles. The van der Waals surface area contributed by atoms with Gasteiger partial charge in [0.05, 0.1) is 7.11 Å². The fourth-order valence-electron chi connectivity index (χ4n) is 2.06. The SMILES string of the molecule is CC#CC(O)c1cc2c(cc1OC)CC(C)O2. The zero-order chi connectivity index (χ0) is 12.4. The molecule has 0 saturated carbocycles. The van der Waals surface area contributed by atoms with Gasteiger partial charge in [-0.05, 0) is 26.0 Å². The minimum Gasteiger partial charge on any atom is -0.496 e. The molecule has 0 bridgehead atoms.